The summed E-state index contributed by atoms with van der Waals surface area (Å²) in [6.07, 6.45) is 0. The Bertz CT molecular complexity index is 590. The predicted octanol–water partition coefficient (Wildman–Crippen LogP) is 3.56. The number of rotatable bonds is 1. The lowest BCUT2D eigenvalue weighted by Gasteiger charge is -2.07. The van der Waals surface area contributed by atoms with Crippen LogP contribution in [0.5, 0.6) is 0 Å². The highest BCUT2D eigenvalue weighted by atomic mass is 32.1. The quantitative estimate of drug-likeness (QED) is 0.764. The van der Waals surface area contributed by atoms with Gasteiger partial charge in [-0.05, 0) is 31.5 Å². The predicted molar refractivity (Wildman–Crippen MR) is 64.3 cm³/mol. The molecule has 2 nitrogen and oxygen atoms in total. The van der Waals surface area contributed by atoms with E-state index in [4.69, 9.17) is 12.2 Å². The monoisotopic (exact) mass is 234 g/mol. The smallest absolute Gasteiger partial charge is 0.130 e. The lowest BCUT2D eigenvalue weighted by atomic mass is 10.1. The van der Waals surface area contributed by atoms with E-state index in [0.717, 1.165) is 17.1 Å². The van der Waals surface area contributed by atoms with Crippen molar-refractivity contribution in [3.63, 3.8) is 0 Å². The van der Waals surface area contributed by atoms with Gasteiger partial charge in [0.1, 0.15) is 16.3 Å². The van der Waals surface area contributed by atoms with Crippen LogP contribution < -0.4 is 0 Å². The van der Waals surface area contributed by atoms with Crippen molar-refractivity contribution in [2.24, 2.45) is 0 Å². The first-order valence-corrected chi connectivity index (χ1v) is 5.32. The van der Waals surface area contributed by atoms with Crippen LogP contribution in [0.4, 0.5) is 4.39 Å². The second-order valence-corrected chi connectivity index (χ2v) is 4.05. The molecule has 0 amide bonds. The van der Waals surface area contributed by atoms with Crippen molar-refractivity contribution in [2.75, 3.05) is 0 Å². The van der Waals surface area contributed by atoms with E-state index in [1.807, 2.05) is 13.0 Å². The summed E-state index contributed by atoms with van der Waals surface area (Å²) in [4.78, 5) is 7.17. The summed E-state index contributed by atoms with van der Waals surface area (Å²) in [6.45, 7) is 3.57. The van der Waals surface area contributed by atoms with E-state index >= 15 is 0 Å². The number of hydrogen-bond donors (Lipinski definition) is 1. The molecular weight excluding hydrogens is 223 g/mol. The van der Waals surface area contributed by atoms with Crippen molar-refractivity contribution in [3.05, 3.63) is 46.1 Å². The Kier molecular flexibility index (Phi) is 2.83. The molecule has 0 aliphatic heterocycles. The Hall–Kier alpha value is -1.55. The second-order valence-electron chi connectivity index (χ2n) is 3.63. The number of H-pyrrole nitrogens is 1. The zero-order chi connectivity index (χ0) is 11.7. The molecule has 2 aromatic rings. The van der Waals surface area contributed by atoms with Gasteiger partial charge < -0.3 is 4.98 Å². The van der Waals surface area contributed by atoms with Crippen molar-refractivity contribution >= 4 is 12.2 Å². The average Bonchev–Trinajstić information content (AvgIpc) is 2.20. The summed E-state index contributed by atoms with van der Waals surface area (Å²) < 4.78 is 13.9. The van der Waals surface area contributed by atoms with Gasteiger partial charge in [-0.2, -0.15) is 0 Å². The number of nitrogens with zero attached hydrogens (tertiary/aromatic N) is 1. The molecule has 1 aromatic heterocycles. The third-order valence-corrected chi connectivity index (χ3v) is 2.63. The highest BCUT2D eigenvalue weighted by molar-refractivity contribution is 7.71. The van der Waals surface area contributed by atoms with Crippen molar-refractivity contribution in [1.29, 1.82) is 0 Å². The van der Waals surface area contributed by atoms with Gasteiger partial charge in [0.2, 0.25) is 0 Å². The Morgan fingerprint density at radius 3 is 2.75 bits per heavy atom. The summed E-state index contributed by atoms with van der Waals surface area (Å²) >= 11 is 5.04. The van der Waals surface area contributed by atoms with Crippen LogP contribution in [0.25, 0.3) is 11.3 Å². The van der Waals surface area contributed by atoms with E-state index in [1.54, 1.807) is 19.1 Å². The number of aromatic amines is 1. The van der Waals surface area contributed by atoms with Crippen LogP contribution in [-0.4, -0.2) is 9.97 Å². The minimum atomic E-state index is -0.216. The van der Waals surface area contributed by atoms with E-state index in [-0.39, 0.29) is 5.82 Å². The molecule has 4 heteroatoms. The summed E-state index contributed by atoms with van der Waals surface area (Å²) in [5, 5.41) is 0. The summed E-state index contributed by atoms with van der Waals surface area (Å²) in [6, 6.07) is 6.73. The largest absolute Gasteiger partial charge is 0.343 e. The third kappa shape index (κ3) is 2.02. The maximum Gasteiger partial charge on any atom is 0.130 e. The van der Waals surface area contributed by atoms with Crippen LogP contribution in [0.3, 0.4) is 0 Å². The SMILES string of the molecule is Cc1nc(=S)cc(-c2cccc(F)c2C)[nH]1. The Morgan fingerprint density at radius 2 is 2.06 bits per heavy atom. The molecule has 82 valence electrons. The van der Waals surface area contributed by atoms with Crippen molar-refractivity contribution < 1.29 is 4.39 Å². The topological polar surface area (TPSA) is 28.7 Å². The summed E-state index contributed by atoms with van der Waals surface area (Å²) in [7, 11) is 0. The number of aromatic nitrogens is 2. The molecule has 0 atom stereocenters. The molecule has 0 aliphatic rings. The van der Waals surface area contributed by atoms with Gasteiger partial charge in [-0.15, -0.1) is 0 Å². The number of halogens is 1. The van der Waals surface area contributed by atoms with Crippen molar-refractivity contribution in [3.8, 4) is 11.3 Å². The minimum Gasteiger partial charge on any atom is -0.343 e. The zero-order valence-electron chi connectivity index (χ0n) is 9.04. The fourth-order valence-corrected chi connectivity index (χ4v) is 1.88. The molecule has 1 N–H and O–H groups in total. The van der Waals surface area contributed by atoms with Gasteiger partial charge >= 0.3 is 0 Å². The van der Waals surface area contributed by atoms with Crippen molar-refractivity contribution in [2.45, 2.75) is 13.8 Å². The molecule has 0 spiro atoms. The first-order valence-electron chi connectivity index (χ1n) is 4.91. The molecule has 16 heavy (non-hydrogen) atoms. The molecule has 2 rings (SSSR count). The van der Waals surface area contributed by atoms with Gasteiger partial charge in [0.05, 0.1) is 5.69 Å². The zero-order valence-corrected chi connectivity index (χ0v) is 9.86. The van der Waals surface area contributed by atoms with Crippen LogP contribution in [0.1, 0.15) is 11.4 Å². The van der Waals surface area contributed by atoms with E-state index in [1.165, 1.54) is 6.07 Å². The van der Waals surface area contributed by atoms with Crippen molar-refractivity contribution in [1.82, 2.24) is 9.97 Å². The fourth-order valence-electron chi connectivity index (χ4n) is 1.62. The first-order chi connectivity index (χ1) is 7.58. The lowest BCUT2D eigenvalue weighted by molar-refractivity contribution is 0.619. The molecular formula is C12H11FN2S. The van der Waals surface area contributed by atoms with Crippen LogP contribution in [0, 0.1) is 24.3 Å². The molecule has 0 radical (unpaired) electrons. The van der Waals surface area contributed by atoms with Crippen LogP contribution >= 0.6 is 12.2 Å². The molecule has 0 saturated carbocycles. The normalized spacial score (nSPS) is 10.4. The first kappa shape index (κ1) is 11.0. The minimum absolute atomic E-state index is 0.216. The van der Waals surface area contributed by atoms with Crippen LogP contribution in [0.2, 0.25) is 0 Å². The number of nitrogens with one attached hydrogen (secondary N) is 1. The highest BCUT2D eigenvalue weighted by Crippen LogP contribution is 2.23. The standard InChI is InChI=1S/C12H11FN2S/c1-7-9(4-3-5-10(7)13)11-6-12(16)15-8(2)14-11/h3-6H,1-2H3,(H,14,15,16). The van der Waals surface area contributed by atoms with Crippen LogP contribution in [0.15, 0.2) is 24.3 Å². The molecule has 1 aromatic carbocycles. The summed E-state index contributed by atoms with van der Waals surface area (Å²) in [5.74, 6) is 0.512. The highest BCUT2D eigenvalue weighted by Gasteiger charge is 2.06. The van der Waals surface area contributed by atoms with Crippen LogP contribution in [-0.2, 0) is 0 Å². The van der Waals surface area contributed by atoms with E-state index in [2.05, 4.69) is 9.97 Å². The molecule has 0 unspecified atom stereocenters. The fraction of sp³-hybridized carbons (Fsp3) is 0.167. The van der Waals surface area contributed by atoms with E-state index in [9.17, 15) is 4.39 Å². The van der Waals surface area contributed by atoms with E-state index < -0.39 is 0 Å². The van der Waals surface area contributed by atoms with Gasteiger partial charge in [-0.25, -0.2) is 9.37 Å². The Labute approximate surface area is 98.2 Å². The molecule has 0 aliphatic carbocycles. The molecule has 0 bridgehead atoms. The molecule has 0 saturated heterocycles. The van der Waals surface area contributed by atoms with Gasteiger partial charge in [0.25, 0.3) is 0 Å². The molecule has 0 fully saturated rings. The average molecular weight is 234 g/mol. The second kappa shape index (κ2) is 4.14. The van der Waals surface area contributed by atoms with Gasteiger partial charge in [0, 0.05) is 5.56 Å². The third-order valence-electron chi connectivity index (χ3n) is 2.42. The number of aryl methyl sites for hydroxylation is 1. The number of hydrogen-bond acceptors (Lipinski definition) is 2. The van der Waals surface area contributed by atoms with Gasteiger partial charge in [-0.1, -0.05) is 24.4 Å². The maximum atomic E-state index is 13.4. The van der Waals surface area contributed by atoms with E-state index in [0.29, 0.717) is 10.2 Å². The van der Waals surface area contributed by atoms with Gasteiger partial charge in [-0.3, -0.25) is 0 Å². The van der Waals surface area contributed by atoms with Gasteiger partial charge in [0.15, 0.2) is 0 Å². The lowest BCUT2D eigenvalue weighted by Crippen LogP contribution is -1.94. The summed E-state index contributed by atoms with van der Waals surface area (Å²) in [5.41, 5.74) is 2.23. The Balaban J connectivity index is 2.67. The Morgan fingerprint density at radius 1 is 1.31 bits per heavy atom. The molecule has 1 heterocycles. The number of benzene rings is 1. The maximum absolute atomic E-state index is 13.4.